The molecule has 0 aliphatic rings. The van der Waals surface area contributed by atoms with E-state index >= 15 is 0 Å². The molecule has 0 aliphatic carbocycles. The predicted octanol–water partition coefficient (Wildman–Crippen LogP) is 2.32. The van der Waals surface area contributed by atoms with Crippen LogP contribution >= 0.6 is 0 Å². The summed E-state index contributed by atoms with van der Waals surface area (Å²) in [5, 5.41) is 3.28. The standard InChI is InChI=1S/C12H21N3O/c1-5-10-9(4)14-11(8-16-7-3)15-12(10)13-6-2/h5-8H2,1-4H3,(H,13,14,15). The molecule has 0 unspecified atom stereocenters. The summed E-state index contributed by atoms with van der Waals surface area (Å²) in [6.07, 6.45) is 0.948. The topological polar surface area (TPSA) is 47.0 Å². The number of hydrogen-bond donors (Lipinski definition) is 1. The SMILES string of the molecule is CCNc1nc(COCC)nc(C)c1CC. The van der Waals surface area contributed by atoms with Gasteiger partial charge < -0.3 is 10.1 Å². The largest absolute Gasteiger partial charge is 0.374 e. The maximum absolute atomic E-state index is 5.33. The van der Waals surface area contributed by atoms with Crippen molar-refractivity contribution in [1.29, 1.82) is 0 Å². The molecular weight excluding hydrogens is 202 g/mol. The van der Waals surface area contributed by atoms with E-state index in [1.807, 2.05) is 13.8 Å². The highest BCUT2D eigenvalue weighted by molar-refractivity contribution is 5.46. The van der Waals surface area contributed by atoms with Crippen molar-refractivity contribution in [3.05, 3.63) is 17.1 Å². The zero-order valence-corrected chi connectivity index (χ0v) is 10.6. The monoisotopic (exact) mass is 223 g/mol. The van der Waals surface area contributed by atoms with Gasteiger partial charge in [-0.1, -0.05) is 6.92 Å². The van der Waals surface area contributed by atoms with Gasteiger partial charge in [-0.25, -0.2) is 9.97 Å². The van der Waals surface area contributed by atoms with Gasteiger partial charge in [0, 0.05) is 24.4 Å². The molecule has 0 saturated heterocycles. The summed E-state index contributed by atoms with van der Waals surface area (Å²) < 4.78 is 5.33. The molecule has 90 valence electrons. The van der Waals surface area contributed by atoms with Crippen LogP contribution in [0.3, 0.4) is 0 Å². The Balaban J connectivity index is 2.97. The molecule has 1 heterocycles. The van der Waals surface area contributed by atoms with E-state index in [1.54, 1.807) is 0 Å². The minimum Gasteiger partial charge on any atom is -0.374 e. The summed E-state index contributed by atoms with van der Waals surface area (Å²) in [7, 11) is 0. The van der Waals surface area contributed by atoms with Crippen LogP contribution < -0.4 is 5.32 Å². The Labute approximate surface area is 97.5 Å². The van der Waals surface area contributed by atoms with Crippen LogP contribution in [-0.4, -0.2) is 23.1 Å². The number of nitrogens with one attached hydrogen (secondary N) is 1. The van der Waals surface area contributed by atoms with E-state index in [9.17, 15) is 0 Å². The number of anilines is 1. The average molecular weight is 223 g/mol. The lowest BCUT2D eigenvalue weighted by Crippen LogP contribution is -2.10. The lowest BCUT2D eigenvalue weighted by atomic mass is 10.1. The number of rotatable bonds is 6. The van der Waals surface area contributed by atoms with Gasteiger partial charge in [0.2, 0.25) is 0 Å². The Morgan fingerprint density at radius 1 is 1.19 bits per heavy atom. The van der Waals surface area contributed by atoms with E-state index in [0.29, 0.717) is 13.2 Å². The van der Waals surface area contributed by atoms with Gasteiger partial charge in [0.15, 0.2) is 5.82 Å². The van der Waals surface area contributed by atoms with Gasteiger partial charge in [0.1, 0.15) is 12.4 Å². The number of ether oxygens (including phenoxy) is 1. The van der Waals surface area contributed by atoms with Gasteiger partial charge in [-0.05, 0) is 27.2 Å². The van der Waals surface area contributed by atoms with Crippen LogP contribution in [0.15, 0.2) is 0 Å². The van der Waals surface area contributed by atoms with Crippen LogP contribution in [0.4, 0.5) is 5.82 Å². The van der Waals surface area contributed by atoms with Gasteiger partial charge >= 0.3 is 0 Å². The van der Waals surface area contributed by atoms with Gasteiger partial charge in [0.05, 0.1) is 0 Å². The van der Waals surface area contributed by atoms with Crippen molar-refractivity contribution in [1.82, 2.24) is 9.97 Å². The third-order valence-corrected chi connectivity index (χ3v) is 2.39. The van der Waals surface area contributed by atoms with Crippen LogP contribution in [0.1, 0.15) is 37.9 Å². The van der Waals surface area contributed by atoms with E-state index in [4.69, 9.17) is 4.74 Å². The third-order valence-electron chi connectivity index (χ3n) is 2.39. The fraction of sp³-hybridized carbons (Fsp3) is 0.667. The summed E-state index contributed by atoms with van der Waals surface area (Å²) in [5.74, 6) is 1.71. The summed E-state index contributed by atoms with van der Waals surface area (Å²) in [6, 6.07) is 0. The Bertz CT molecular complexity index is 339. The quantitative estimate of drug-likeness (QED) is 0.804. The second kappa shape index (κ2) is 6.43. The highest BCUT2D eigenvalue weighted by Crippen LogP contribution is 2.17. The fourth-order valence-corrected chi connectivity index (χ4v) is 1.65. The minimum atomic E-state index is 0.486. The van der Waals surface area contributed by atoms with Crippen molar-refractivity contribution in [2.75, 3.05) is 18.5 Å². The normalized spacial score (nSPS) is 10.5. The van der Waals surface area contributed by atoms with Crippen LogP contribution in [0.5, 0.6) is 0 Å². The number of nitrogens with zero attached hydrogens (tertiary/aromatic N) is 2. The molecule has 1 N–H and O–H groups in total. The molecule has 1 aromatic rings. The minimum absolute atomic E-state index is 0.486. The van der Waals surface area contributed by atoms with Gasteiger partial charge in [-0.2, -0.15) is 0 Å². The molecule has 1 rings (SSSR count). The van der Waals surface area contributed by atoms with Crippen molar-refractivity contribution in [2.45, 2.75) is 40.7 Å². The van der Waals surface area contributed by atoms with Crippen molar-refractivity contribution >= 4 is 5.82 Å². The van der Waals surface area contributed by atoms with E-state index in [0.717, 1.165) is 30.3 Å². The molecule has 1 aromatic heterocycles. The molecule has 0 aromatic carbocycles. The molecule has 4 heteroatoms. The summed E-state index contributed by atoms with van der Waals surface area (Å²) in [6.45, 7) is 10.2. The molecule has 0 bridgehead atoms. The first-order valence-electron chi connectivity index (χ1n) is 5.90. The molecule has 0 amide bonds. The third kappa shape index (κ3) is 3.17. The number of aromatic nitrogens is 2. The fourth-order valence-electron chi connectivity index (χ4n) is 1.65. The predicted molar refractivity (Wildman–Crippen MR) is 65.6 cm³/mol. The lowest BCUT2D eigenvalue weighted by Gasteiger charge is -2.12. The second-order valence-electron chi connectivity index (χ2n) is 3.57. The van der Waals surface area contributed by atoms with Crippen LogP contribution in [0, 0.1) is 6.92 Å². The zero-order valence-electron chi connectivity index (χ0n) is 10.6. The summed E-state index contributed by atoms with van der Waals surface area (Å²) in [4.78, 5) is 8.93. The van der Waals surface area contributed by atoms with Gasteiger partial charge in [-0.15, -0.1) is 0 Å². The summed E-state index contributed by atoms with van der Waals surface area (Å²) >= 11 is 0. The molecule has 0 atom stereocenters. The van der Waals surface area contributed by atoms with E-state index < -0.39 is 0 Å². The Morgan fingerprint density at radius 3 is 2.50 bits per heavy atom. The van der Waals surface area contributed by atoms with Crippen LogP contribution in [-0.2, 0) is 17.8 Å². The zero-order chi connectivity index (χ0) is 12.0. The van der Waals surface area contributed by atoms with Gasteiger partial charge in [-0.3, -0.25) is 0 Å². The molecule has 16 heavy (non-hydrogen) atoms. The highest BCUT2D eigenvalue weighted by atomic mass is 16.5. The first-order valence-corrected chi connectivity index (χ1v) is 5.90. The van der Waals surface area contributed by atoms with Crippen molar-refractivity contribution in [3.63, 3.8) is 0 Å². The first-order chi connectivity index (χ1) is 7.72. The molecule has 0 fully saturated rings. The van der Waals surface area contributed by atoms with E-state index in [1.165, 1.54) is 5.56 Å². The van der Waals surface area contributed by atoms with Crippen molar-refractivity contribution < 1.29 is 4.74 Å². The maximum Gasteiger partial charge on any atom is 0.156 e. The van der Waals surface area contributed by atoms with Crippen molar-refractivity contribution in [2.24, 2.45) is 0 Å². The first kappa shape index (κ1) is 12.9. The Kier molecular flexibility index (Phi) is 5.19. The molecule has 0 aliphatic heterocycles. The molecule has 4 nitrogen and oxygen atoms in total. The average Bonchev–Trinajstić information content (AvgIpc) is 2.26. The van der Waals surface area contributed by atoms with E-state index in [2.05, 4.69) is 29.1 Å². The highest BCUT2D eigenvalue weighted by Gasteiger charge is 2.09. The molecular formula is C12H21N3O. The molecule has 0 radical (unpaired) electrons. The maximum atomic E-state index is 5.33. The summed E-state index contributed by atoms with van der Waals surface area (Å²) in [5.41, 5.74) is 2.24. The van der Waals surface area contributed by atoms with Gasteiger partial charge in [0.25, 0.3) is 0 Å². The van der Waals surface area contributed by atoms with E-state index in [-0.39, 0.29) is 0 Å². The van der Waals surface area contributed by atoms with Crippen LogP contribution in [0.25, 0.3) is 0 Å². The second-order valence-corrected chi connectivity index (χ2v) is 3.57. The van der Waals surface area contributed by atoms with Crippen LogP contribution in [0.2, 0.25) is 0 Å². The smallest absolute Gasteiger partial charge is 0.156 e. The Morgan fingerprint density at radius 2 is 1.94 bits per heavy atom. The molecule has 0 saturated carbocycles. The molecule has 0 spiro atoms. The number of hydrogen-bond acceptors (Lipinski definition) is 4. The lowest BCUT2D eigenvalue weighted by molar-refractivity contribution is 0.128. The number of aryl methyl sites for hydroxylation is 1. The van der Waals surface area contributed by atoms with Crippen molar-refractivity contribution in [3.8, 4) is 0 Å². The Hall–Kier alpha value is -1.16.